The van der Waals surface area contributed by atoms with E-state index in [0.29, 0.717) is 11.7 Å². The Bertz CT molecular complexity index is 655. The molecule has 3 rings (SSSR count). The van der Waals surface area contributed by atoms with Crippen LogP contribution in [0.3, 0.4) is 0 Å². The number of halogens is 1. The van der Waals surface area contributed by atoms with E-state index in [1.807, 2.05) is 42.3 Å². The number of amides is 1. The molecule has 0 radical (unpaired) electrons. The molecular formula is C16H19BrN4O. The summed E-state index contributed by atoms with van der Waals surface area (Å²) < 4.78 is 0.732. The van der Waals surface area contributed by atoms with Gasteiger partial charge in [0.05, 0.1) is 4.47 Å². The second kappa shape index (κ2) is 6.62. The minimum absolute atomic E-state index is 0.00139. The minimum atomic E-state index is 0.00139. The summed E-state index contributed by atoms with van der Waals surface area (Å²) in [7, 11) is 1.94. The van der Waals surface area contributed by atoms with Gasteiger partial charge in [-0.2, -0.15) is 5.10 Å². The van der Waals surface area contributed by atoms with Crippen LogP contribution in [0.25, 0.3) is 11.3 Å². The van der Waals surface area contributed by atoms with Gasteiger partial charge in [-0.15, -0.1) is 0 Å². The van der Waals surface area contributed by atoms with Gasteiger partial charge in [0, 0.05) is 24.7 Å². The largest absolute Gasteiger partial charge is 0.336 e. The van der Waals surface area contributed by atoms with Crippen LogP contribution >= 0.6 is 15.9 Å². The third-order valence-electron chi connectivity index (χ3n) is 4.08. The van der Waals surface area contributed by atoms with Gasteiger partial charge in [-0.05, 0) is 35.8 Å². The lowest BCUT2D eigenvalue weighted by Crippen LogP contribution is -2.47. The van der Waals surface area contributed by atoms with Crippen LogP contribution in [-0.2, 0) is 0 Å². The molecule has 1 aromatic carbocycles. The molecule has 1 aliphatic rings. The Labute approximate surface area is 138 Å². The van der Waals surface area contributed by atoms with Crippen LogP contribution in [0.15, 0.2) is 34.8 Å². The van der Waals surface area contributed by atoms with E-state index in [2.05, 4.69) is 31.4 Å². The molecule has 0 saturated carbocycles. The van der Waals surface area contributed by atoms with Crippen LogP contribution in [0.4, 0.5) is 0 Å². The lowest BCUT2D eigenvalue weighted by molar-refractivity contribution is 0.0691. The second-order valence-electron chi connectivity index (χ2n) is 5.51. The van der Waals surface area contributed by atoms with Crippen molar-refractivity contribution < 1.29 is 4.79 Å². The molecule has 5 nitrogen and oxygen atoms in total. The number of nitrogens with one attached hydrogen (secondary N) is 2. The van der Waals surface area contributed by atoms with Gasteiger partial charge >= 0.3 is 0 Å². The number of hydrogen-bond acceptors (Lipinski definition) is 3. The molecule has 1 unspecified atom stereocenters. The van der Waals surface area contributed by atoms with E-state index in [1.54, 1.807) is 0 Å². The van der Waals surface area contributed by atoms with Crippen molar-refractivity contribution in [1.82, 2.24) is 20.4 Å². The molecule has 22 heavy (non-hydrogen) atoms. The highest BCUT2D eigenvalue weighted by Gasteiger charge is 2.27. The van der Waals surface area contributed by atoms with Crippen molar-refractivity contribution in [3.8, 4) is 11.3 Å². The Hall–Kier alpha value is -1.66. The van der Waals surface area contributed by atoms with Crippen LogP contribution in [0, 0.1) is 0 Å². The maximum absolute atomic E-state index is 12.7. The number of nitrogens with zero attached hydrogens (tertiary/aromatic N) is 2. The number of hydrogen-bond donors (Lipinski definition) is 2. The predicted molar refractivity (Wildman–Crippen MR) is 89.7 cm³/mol. The number of likely N-dealkylation sites (tertiary alicyclic amines) is 1. The van der Waals surface area contributed by atoms with Crippen molar-refractivity contribution in [3.05, 3.63) is 40.5 Å². The van der Waals surface area contributed by atoms with Crippen molar-refractivity contribution >= 4 is 21.8 Å². The Balaban J connectivity index is 1.83. The summed E-state index contributed by atoms with van der Waals surface area (Å²) >= 11 is 3.53. The first kappa shape index (κ1) is 15.2. The molecule has 1 aliphatic heterocycles. The van der Waals surface area contributed by atoms with Crippen LogP contribution < -0.4 is 5.32 Å². The third kappa shape index (κ3) is 2.94. The zero-order valence-electron chi connectivity index (χ0n) is 12.5. The number of benzene rings is 1. The van der Waals surface area contributed by atoms with Gasteiger partial charge in [-0.3, -0.25) is 9.89 Å². The standard InChI is InChI=1S/C16H19BrN4O/c1-18-12-8-5-9-21(10-12)16(22)15-13(17)14(19-20-15)11-6-3-2-4-7-11/h2-4,6-7,12,18H,5,8-10H2,1H3,(H,19,20). The number of rotatable bonds is 3. The maximum Gasteiger partial charge on any atom is 0.273 e. The Morgan fingerprint density at radius 2 is 2.18 bits per heavy atom. The van der Waals surface area contributed by atoms with E-state index in [9.17, 15) is 4.79 Å². The summed E-state index contributed by atoms with van der Waals surface area (Å²) in [6.45, 7) is 1.53. The fraction of sp³-hybridized carbons (Fsp3) is 0.375. The first-order chi connectivity index (χ1) is 10.7. The summed E-state index contributed by atoms with van der Waals surface area (Å²) in [4.78, 5) is 14.6. The summed E-state index contributed by atoms with van der Waals surface area (Å²) in [5.74, 6) is 0.00139. The highest BCUT2D eigenvalue weighted by molar-refractivity contribution is 9.10. The fourth-order valence-electron chi connectivity index (χ4n) is 2.81. The number of aromatic nitrogens is 2. The molecule has 0 bridgehead atoms. The van der Waals surface area contributed by atoms with E-state index in [1.165, 1.54) is 0 Å². The predicted octanol–water partition coefficient (Wildman–Crippen LogP) is 2.66. The smallest absolute Gasteiger partial charge is 0.273 e. The van der Waals surface area contributed by atoms with Crippen LogP contribution in [0.2, 0.25) is 0 Å². The lowest BCUT2D eigenvalue weighted by Gasteiger charge is -2.32. The first-order valence-electron chi connectivity index (χ1n) is 7.46. The summed E-state index contributed by atoms with van der Waals surface area (Å²) in [6, 6.07) is 10.2. The second-order valence-corrected chi connectivity index (χ2v) is 6.30. The minimum Gasteiger partial charge on any atom is -0.336 e. The van der Waals surface area contributed by atoms with Crippen molar-refractivity contribution in [2.24, 2.45) is 0 Å². The third-order valence-corrected chi connectivity index (χ3v) is 4.86. The number of carbonyl (C=O) groups excluding carboxylic acids is 1. The highest BCUT2D eigenvalue weighted by atomic mass is 79.9. The normalized spacial score (nSPS) is 18.5. The molecule has 1 atom stereocenters. The fourth-order valence-corrected chi connectivity index (χ4v) is 3.39. The van der Waals surface area contributed by atoms with Crippen molar-refractivity contribution in [3.63, 3.8) is 0 Å². The average Bonchev–Trinajstić information content (AvgIpc) is 2.96. The molecule has 1 saturated heterocycles. The molecule has 1 fully saturated rings. The Morgan fingerprint density at radius 1 is 1.41 bits per heavy atom. The zero-order valence-corrected chi connectivity index (χ0v) is 14.1. The van der Waals surface area contributed by atoms with E-state index in [0.717, 1.165) is 41.7 Å². The van der Waals surface area contributed by atoms with Crippen LogP contribution in [0.5, 0.6) is 0 Å². The van der Waals surface area contributed by atoms with Crippen LogP contribution in [0.1, 0.15) is 23.3 Å². The molecular weight excluding hydrogens is 344 g/mol. The van der Waals surface area contributed by atoms with E-state index < -0.39 is 0 Å². The van der Waals surface area contributed by atoms with Gasteiger partial charge in [-0.25, -0.2) is 0 Å². The topological polar surface area (TPSA) is 61.0 Å². The monoisotopic (exact) mass is 362 g/mol. The molecule has 2 aromatic rings. The molecule has 2 heterocycles. The highest BCUT2D eigenvalue weighted by Crippen LogP contribution is 2.29. The molecule has 1 aromatic heterocycles. The van der Waals surface area contributed by atoms with Crippen molar-refractivity contribution in [2.75, 3.05) is 20.1 Å². The van der Waals surface area contributed by atoms with E-state index in [-0.39, 0.29) is 5.91 Å². The summed E-state index contributed by atoms with van der Waals surface area (Å²) in [5.41, 5.74) is 2.28. The van der Waals surface area contributed by atoms with Gasteiger partial charge in [0.2, 0.25) is 0 Å². The van der Waals surface area contributed by atoms with Gasteiger partial charge in [0.15, 0.2) is 0 Å². The summed E-state index contributed by atoms with van der Waals surface area (Å²) in [5, 5.41) is 10.5. The van der Waals surface area contributed by atoms with E-state index in [4.69, 9.17) is 0 Å². The van der Waals surface area contributed by atoms with Crippen LogP contribution in [-0.4, -0.2) is 47.2 Å². The molecule has 6 heteroatoms. The van der Waals surface area contributed by atoms with E-state index >= 15 is 0 Å². The average molecular weight is 363 g/mol. The Morgan fingerprint density at radius 3 is 2.91 bits per heavy atom. The number of likely N-dealkylation sites (N-methyl/N-ethyl adjacent to an activating group) is 1. The number of carbonyl (C=O) groups is 1. The SMILES string of the molecule is CNC1CCCN(C(=O)c2[nH]nc(-c3ccccc3)c2Br)C1. The number of piperidine rings is 1. The quantitative estimate of drug-likeness (QED) is 0.882. The number of H-pyrrole nitrogens is 1. The van der Waals surface area contributed by atoms with Gasteiger partial charge in [0.25, 0.3) is 5.91 Å². The molecule has 0 spiro atoms. The van der Waals surface area contributed by atoms with Crippen molar-refractivity contribution in [2.45, 2.75) is 18.9 Å². The molecule has 1 amide bonds. The number of aromatic amines is 1. The molecule has 0 aliphatic carbocycles. The van der Waals surface area contributed by atoms with Crippen molar-refractivity contribution in [1.29, 1.82) is 0 Å². The van der Waals surface area contributed by atoms with Gasteiger partial charge in [0.1, 0.15) is 11.4 Å². The lowest BCUT2D eigenvalue weighted by atomic mass is 10.1. The Kier molecular flexibility index (Phi) is 4.59. The zero-order chi connectivity index (χ0) is 15.5. The first-order valence-corrected chi connectivity index (χ1v) is 8.26. The van der Waals surface area contributed by atoms with Gasteiger partial charge < -0.3 is 10.2 Å². The maximum atomic E-state index is 12.7. The molecule has 116 valence electrons. The summed E-state index contributed by atoms with van der Waals surface area (Å²) in [6.07, 6.45) is 2.13. The molecule has 2 N–H and O–H groups in total. The van der Waals surface area contributed by atoms with Gasteiger partial charge in [-0.1, -0.05) is 30.3 Å².